The van der Waals surface area contributed by atoms with E-state index in [4.69, 9.17) is 0 Å². The van der Waals surface area contributed by atoms with Gasteiger partial charge in [0.2, 0.25) is 0 Å². The molecule has 0 heterocycles. The molecule has 3 aliphatic carbocycles. The fraction of sp³-hybridized carbons (Fsp3) is 0.727. The Labute approximate surface area is 146 Å². The number of hydrogen-bond acceptors (Lipinski definition) is 2. The maximum Gasteiger partial charge on any atom is 0.115 e. The number of aryl methyl sites for hydroxylation is 1. The summed E-state index contributed by atoms with van der Waals surface area (Å²) < 4.78 is 0. The maximum atomic E-state index is 11.2. The average molecular weight is 328 g/mol. The SMILES string of the molecule is CC1(O)CCC2(C)C1(C)CCC1(C)c3ccc(O)cc3CCC12C. The van der Waals surface area contributed by atoms with Crippen molar-refractivity contribution in [3.05, 3.63) is 29.3 Å². The molecule has 1 aromatic rings. The highest BCUT2D eigenvalue weighted by Crippen LogP contribution is 2.77. The van der Waals surface area contributed by atoms with Gasteiger partial charge < -0.3 is 10.2 Å². The van der Waals surface area contributed by atoms with E-state index in [1.807, 2.05) is 12.1 Å². The number of phenols is 1. The van der Waals surface area contributed by atoms with Gasteiger partial charge in [0, 0.05) is 5.41 Å². The van der Waals surface area contributed by atoms with E-state index in [-0.39, 0.29) is 21.7 Å². The van der Waals surface area contributed by atoms with Crippen LogP contribution in [-0.2, 0) is 11.8 Å². The first-order chi connectivity index (χ1) is 11.0. The highest BCUT2D eigenvalue weighted by atomic mass is 16.3. The fourth-order valence-electron chi connectivity index (χ4n) is 7.15. The Bertz CT molecular complexity index is 708. The highest BCUT2D eigenvalue weighted by molar-refractivity contribution is 5.45. The predicted octanol–water partition coefficient (Wildman–Crippen LogP) is 4.95. The standard InChI is InChI=1S/C22H32O2/c1-18-10-11-21(4)20(3,12-13-22(21,5)24)19(18,2)9-8-15-14-16(23)6-7-17(15)18/h6-7,14,23-24H,8-13H2,1-5H3. The minimum absolute atomic E-state index is 0.0251. The van der Waals surface area contributed by atoms with E-state index in [1.165, 1.54) is 11.1 Å². The summed E-state index contributed by atoms with van der Waals surface area (Å²) in [6.07, 6.45) is 6.38. The lowest BCUT2D eigenvalue weighted by atomic mass is 9.35. The monoisotopic (exact) mass is 328 g/mol. The molecule has 2 saturated carbocycles. The van der Waals surface area contributed by atoms with E-state index in [2.05, 4.69) is 40.7 Å². The van der Waals surface area contributed by atoms with Crippen LogP contribution in [0.3, 0.4) is 0 Å². The van der Waals surface area contributed by atoms with Gasteiger partial charge in [-0.25, -0.2) is 0 Å². The third-order valence-electron chi connectivity index (χ3n) is 9.66. The van der Waals surface area contributed by atoms with Gasteiger partial charge in [-0.15, -0.1) is 0 Å². The van der Waals surface area contributed by atoms with Crippen LogP contribution < -0.4 is 0 Å². The van der Waals surface area contributed by atoms with Gasteiger partial charge in [0.15, 0.2) is 0 Å². The molecular weight excluding hydrogens is 296 g/mol. The van der Waals surface area contributed by atoms with Gasteiger partial charge in [-0.05, 0) is 85.0 Å². The van der Waals surface area contributed by atoms with Gasteiger partial charge in [0.05, 0.1) is 5.60 Å². The highest BCUT2D eigenvalue weighted by Gasteiger charge is 2.73. The zero-order valence-corrected chi connectivity index (χ0v) is 15.9. The normalized spacial score (nSPS) is 50.1. The van der Waals surface area contributed by atoms with E-state index >= 15 is 0 Å². The largest absolute Gasteiger partial charge is 0.508 e. The van der Waals surface area contributed by atoms with Crippen LogP contribution in [0.5, 0.6) is 5.75 Å². The Morgan fingerprint density at radius 3 is 2.17 bits per heavy atom. The molecule has 0 radical (unpaired) electrons. The number of aliphatic hydroxyl groups is 1. The Hall–Kier alpha value is -1.02. The van der Waals surface area contributed by atoms with Crippen molar-refractivity contribution in [3.63, 3.8) is 0 Å². The lowest BCUT2D eigenvalue weighted by molar-refractivity contribution is -0.190. The molecule has 5 atom stereocenters. The van der Waals surface area contributed by atoms with Gasteiger partial charge in [0.25, 0.3) is 0 Å². The topological polar surface area (TPSA) is 40.5 Å². The Morgan fingerprint density at radius 2 is 1.46 bits per heavy atom. The first-order valence-electron chi connectivity index (χ1n) is 9.56. The summed E-state index contributed by atoms with van der Waals surface area (Å²) in [7, 11) is 0. The molecule has 5 unspecified atom stereocenters. The van der Waals surface area contributed by atoms with Crippen LogP contribution in [0.15, 0.2) is 18.2 Å². The Morgan fingerprint density at radius 1 is 0.792 bits per heavy atom. The van der Waals surface area contributed by atoms with Crippen LogP contribution in [0.25, 0.3) is 0 Å². The van der Waals surface area contributed by atoms with Crippen LogP contribution in [0.2, 0.25) is 0 Å². The summed E-state index contributed by atoms with van der Waals surface area (Å²) in [6, 6.07) is 6.00. The van der Waals surface area contributed by atoms with Gasteiger partial charge >= 0.3 is 0 Å². The molecule has 2 fully saturated rings. The second-order valence-corrected chi connectivity index (χ2v) is 9.94. The zero-order valence-electron chi connectivity index (χ0n) is 15.9. The third kappa shape index (κ3) is 1.53. The van der Waals surface area contributed by atoms with E-state index < -0.39 is 5.60 Å². The molecule has 2 N–H and O–H groups in total. The maximum absolute atomic E-state index is 11.2. The van der Waals surface area contributed by atoms with Crippen molar-refractivity contribution in [3.8, 4) is 5.75 Å². The molecule has 24 heavy (non-hydrogen) atoms. The van der Waals surface area contributed by atoms with Crippen molar-refractivity contribution in [2.75, 3.05) is 0 Å². The van der Waals surface area contributed by atoms with Crippen molar-refractivity contribution < 1.29 is 10.2 Å². The zero-order chi connectivity index (χ0) is 17.6. The fourth-order valence-corrected chi connectivity index (χ4v) is 7.15. The lowest BCUT2D eigenvalue weighted by Gasteiger charge is -2.69. The summed E-state index contributed by atoms with van der Waals surface area (Å²) >= 11 is 0. The van der Waals surface area contributed by atoms with Crippen LogP contribution in [0.1, 0.15) is 77.8 Å². The molecule has 2 nitrogen and oxygen atoms in total. The second-order valence-electron chi connectivity index (χ2n) is 9.94. The van der Waals surface area contributed by atoms with Gasteiger partial charge in [-0.2, -0.15) is 0 Å². The smallest absolute Gasteiger partial charge is 0.115 e. The van der Waals surface area contributed by atoms with E-state index in [9.17, 15) is 10.2 Å². The molecule has 1 aromatic carbocycles. The van der Waals surface area contributed by atoms with Crippen LogP contribution >= 0.6 is 0 Å². The molecule has 0 spiro atoms. The van der Waals surface area contributed by atoms with Crippen molar-refractivity contribution in [1.29, 1.82) is 0 Å². The number of fused-ring (bicyclic) bond motifs is 5. The van der Waals surface area contributed by atoms with Crippen molar-refractivity contribution in [2.24, 2.45) is 16.2 Å². The third-order valence-corrected chi connectivity index (χ3v) is 9.66. The van der Waals surface area contributed by atoms with Crippen molar-refractivity contribution in [2.45, 2.75) is 84.2 Å². The molecule has 0 bridgehead atoms. The van der Waals surface area contributed by atoms with Crippen molar-refractivity contribution >= 4 is 0 Å². The van der Waals surface area contributed by atoms with E-state index in [0.717, 1.165) is 38.5 Å². The molecule has 3 aliphatic rings. The number of phenolic OH excluding ortho intramolecular Hbond substituents is 1. The molecule has 0 saturated heterocycles. The van der Waals surface area contributed by atoms with Crippen LogP contribution in [0, 0.1) is 16.2 Å². The first kappa shape index (κ1) is 16.4. The first-order valence-corrected chi connectivity index (χ1v) is 9.56. The minimum atomic E-state index is -0.568. The van der Waals surface area contributed by atoms with Crippen LogP contribution in [-0.4, -0.2) is 15.8 Å². The molecule has 0 aliphatic heterocycles. The molecule has 132 valence electrons. The number of rotatable bonds is 0. The summed E-state index contributed by atoms with van der Waals surface area (Å²) in [5.41, 5.74) is 2.58. The van der Waals surface area contributed by atoms with Crippen molar-refractivity contribution in [1.82, 2.24) is 0 Å². The number of aromatic hydroxyl groups is 1. The second kappa shape index (κ2) is 4.38. The van der Waals surface area contributed by atoms with Crippen LogP contribution in [0.4, 0.5) is 0 Å². The predicted molar refractivity (Wildman–Crippen MR) is 97.2 cm³/mol. The molecule has 2 heteroatoms. The minimum Gasteiger partial charge on any atom is -0.508 e. The van der Waals surface area contributed by atoms with E-state index in [1.54, 1.807) is 0 Å². The van der Waals surface area contributed by atoms with Gasteiger partial charge in [-0.3, -0.25) is 0 Å². The van der Waals surface area contributed by atoms with Gasteiger partial charge in [0.1, 0.15) is 5.75 Å². The van der Waals surface area contributed by atoms with Gasteiger partial charge in [-0.1, -0.05) is 33.8 Å². The average Bonchev–Trinajstić information content (AvgIpc) is 2.71. The molecule has 0 amide bonds. The van der Waals surface area contributed by atoms with E-state index in [0.29, 0.717) is 5.75 Å². The number of hydrogen-bond donors (Lipinski definition) is 2. The Kier molecular flexibility index (Phi) is 3.00. The summed E-state index contributed by atoms with van der Waals surface area (Å²) in [5, 5.41) is 21.1. The Balaban J connectivity index is 1.92. The summed E-state index contributed by atoms with van der Waals surface area (Å²) in [4.78, 5) is 0. The lowest BCUT2D eigenvalue weighted by Crippen LogP contribution is -2.65. The quantitative estimate of drug-likeness (QED) is 0.707. The molecule has 0 aromatic heterocycles. The molecule has 4 rings (SSSR count). The summed E-state index contributed by atoms with van der Waals surface area (Å²) in [6.45, 7) is 11.8. The molecular formula is C22H32O2. The summed E-state index contributed by atoms with van der Waals surface area (Å²) in [5.74, 6) is 0.386. The number of benzene rings is 1.